The minimum atomic E-state index is -0.450. The second kappa shape index (κ2) is 12.4. The van der Waals surface area contributed by atoms with Gasteiger partial charge in [0.25, 0.3) is 11.2 Å². The van der Waals surface area contributed by atoms with Crippen molar-refractivity contribution in [3.63, 3.8) is 0 Å². The lowest BCUT2D eigenvalue weighted by Crippen LogP contribution is -2.23. The first-order valence-corrected chi connectivity index (χ1v) is 14.2. The highest BCUT2D eigenvalue weighted by atomic mass is 79.9. The van der Waals surface area contributed by atoms with Gasteiger partial charge >= 0.3 is 0 Å². The standard InChI is InChI=1S/C27H23Br3N4O5/c1-4-15(2)26-32-21-10-7-18(28)12-20(21)27(35)33(26)31-13-17-11-22(38-3)25(24(30)23(17)29)39-14-16-5-8-19(9-6-16)34(36)37/h5-13,15H,4,14H2,1-3H3/t15-/m1/s1. The number of nitro groups is 1. The first-order chi connectivity index (χ1) is 18.6. The normalized spacial score (nSPS) is 12.2. The molecule has 202 valence electrons. The summed E-state index contributed by atoms with van der Waals surface area (Å²) in [5.74, 6) is 1.44. The van der Waals surface area contributed by atoms with Crippen molar-refractivity contribution in [2.24, 2.45) is 5.10 Å². The van der Waals surface area contributed by atoms with E-state index in [-0.39, 0.29) is 23.8 Å². The molecule has 12 heteroatoms. The van der Waals surface area contributed by atoms with Gasteiger partial charge in [-0.3, -0.25) is 14.9 Å². The molecule has 0 unspecified atom stereocenters. The third kappa shape index (κ3) is 6.23. The fraction of sp³-hybridized carbons (Fsp3) is 0.222. The molecule has 9 nitrogen and oxygen atoms in total. The molecule has 0 saturated heterocycles. The number of fused-ring (bicyclic) bond motifs is 1. The van der Waals surface area contributed by atoms with Gasteiger partial charge in [0, 0.05) is 32.6 Å². The highest BCUT2D eigenvalue weighted by molar-refractivity contribution is 9.13. The summed E-state index contributed by atoms with van der Waals surface area (Å²) in [6.07, 6.45) is 2.35. The van der Waals surface area contributed by atoms with Crippen molar-refractivity contribution in [3.05, 3.63) is 99.4 Å². The summed E-state index contributed by atoms with van der Waals surface area (Å²) in [4.78, 5) is 28.6. The molecule has 4 rings (SSSR count). The molecule has 0 aliphatic carbocycles. The van der Waals surface area contributed by atoms with E-state index in [4.69, 9.17) is 14.5 Å². The van der Waals surface area contributed by atoms with Crippen molar-refractivity contribution in [1.29, 1.82) is 0 Å². The van der Waals surface area contributed by atoms with Gasteiger partial charge in [-0.15, -0.1) is 0 Å². The van der Waals surface area contributed by atoms with Gasteiger partial charge in [0.1, 0.15) is 12.4 Å². The Morgan fingerprint density at radius 2 is 1.85 bits per heavy atom. The van der Waals surface area contributed by atoms with Crippen molar-refractivity contribution < 1.29 is 14.4 Å². The third-order valence-corrected chi connectivity index (χ3v) is 8.74. The molecule has 1 heterocycles. The maximum Gasteiger partial charge on any atom is 0.282 e. The van der Waals surface area contributed by atoms with Crippen molar-refractivity contribution in [2.75, 3.05) is 7.11 Å². The van der Waals surface area contributed by atoms with Crippen LogP contribution < -0.4 is 15.0 Å². The second-order valence-electron chi connectivity index (χ2n) is 8.64. The quantitative estimate of drug-likeness (QED) is 0.100. The van der Waals surface area contributed by atoms with Gasteiger partial charge in [-0.1, -0.05) is 29.8 Å². The van der Waals surface area contributed by atoms with E-state index in [0.717, 1.165) is 16.5 Å². The molecule has 0 aliphatic rings. The largest absolute Gasteiger partial charge is 0.493 e. The van der Waals surface area contributed by atoms with Gasteiger partial charge in [0.2, 0.25) is 0 Å². The fourth-order valence-corrected chi connectivity index (χ4v) is 5.05. The van der Waals surface area contributed by atoms with Crippen molar-refractivity contribution in [3.8, 4) is 11.5 Å². The molecule has 3 aromatic carbocycles. The van der Waals surface area contributed by atoms with E-state index in [2.05, 4.69) is 52.9 Å². The molecule has 0 saturated carbocycles. The predicted octanol–water partition coefficient (Wildman–Crippen LogP) is 7.58. The first kappa shape index (κ1) is 28.9. The van der Waals surface area contributed by atoms with Gasteiger partial charge in [0.05, 0.1) is 33.6 Å². The molecule has 0 bridgehead atoms. The Labute approximate surface area is 249 Å². The Morgan fingerprint density at radius 1 is 1.13 bits per heavy atom. The molecule has 4 aromatic rings. The number of nitrogens with zero attached hydrogens (tertiary/aromatic N) is 4. The highest BCUT2D eigenvalue weighted by Crippen LogP contribution is 2.42. The van der Waals surface area contributed by atoms with Crippen LogP contribution in [0.25, 0.3) is 10.9 Å². The van der Waals surface area contributed by atoms with Crippen LogP contribution in [0.5, 0.6) is 11.5 Å². The fourth-order valence-electron chi connectivity index (χ4n) is 3.75. The summed E-state index contributed by atoms with van der Waals surface area (Å²) in [6, 6.07) is 13.3. The summed E-state index contributed by atoms with van der Waals surface area (Å²) in [5, 5.41) is 15.9. The Balaban J connectivity index is 1.70. The maximum atomic E-state index is 13.4. The second-order valence-corrected chi connectivity index (χ2v) is 11.1. The number of rotatable bonds is 9. The van der Waals surface area contributed by atoms with Crippen LogP contribution in [0.2, 0.25) is 0 Å². The van der Waals surface area contributed by atoms with E-state index in [9.17, 15) is 14.9 Å². The van der Waals surface area contributed by atoms with Crippen molar-refractivity contribution >= 4 is 70.6 Å². The lowest BCUT2D eigenvalue weighted by atomic mass is 10.1. The summed E-state index contributed by atoms with van der Waals surface area (Å²) in [6.45, 7) is 4.20. The Hall–Kier alpha value is -3.09. The number of hydrogen-bond donors (Lipinski definition) is 0. The van der Waals surface area contributed by atoms with Gasteiger partial charge < -0.3 is 9.47 Å². The molecule has 0 N–H and O–H groups in total. The monoisotopic (exact) mass is 720 g/mol. The van der Waals surface area contributed by atoms with Crippen LogP contribution in [0.3, 0.4) is 0 Å². The Bertz CT molecular complexity index is 1640. The van der Waals surface area contributed by atoms with Crippen LogP contribution >= 0.6 is 47.8 Å². The maximum absolute atomic E-state index is 13.4. The number of methoxy groups -OCH3 is 1. The number of benzene rings is 3. The summed E-state index contributed by atoms with van der Waals surface area (Å²) >= 11 is 10.6. The average Bonchev–Trinajstić information content (AvgIpc) is 2.93. The van der Waals surface area contributed by atoms with E-state index in [1.165, 1.54) is 23.9 Å². The van der Waals surface area contributed by atoms with Gasteiger partial charge in [-0.05, 0) is 80.2 Å². The Kier molecular flexibility index (Phi) is 9.19. The van der Waals surface area contributed by atoms with Crippen LogP contribution in [0.15, 0.2) is 71.8 Å². The van der Waals surface area contributed by atoms with Crippen LogP contribution in [0.4, 0.5) is 5.69 Å². The lowest BCUT2D eigenvalue weighted by Gasteiger charge is -2.16. The molecule has 1 aromatic heterocycles. The Morgan fingerprint density at radius 3 is 2.49 bits per heavy atom. The summed E-state index contributed by atoms with van der Waals surface area (Å²) in [5.41, 5.74) is 1.75. The molecule has 1 atom stereocenters. The molecule has 0 aliphatic heterocycles. The number of ether oxygens (including phenoxy) is 2. The van der Waals surface area contributed by atoms with E-state index in [0.29, 0.717) is 42.7 Å². The third-order valence-electron chi connectivity index (χ3n) is 6.10. The molecular weight excluding hydrogens is 700 g/mol. The SMILES string of the molecule is CC[C@@H](C)c1nc2ccc(Br)cc2c(=O)n1N=Cc1cc(OC)c(OCc2ccc([N+](=O)[O-])cc2)c(Br)c1Br. The summed E-state index contributed by atoms with van der Waals surface area (Å²) < 4.78 is 14.9. The minimum Gasteiger partial charge on any atom is -0.493 e. The van der Waals surface area contributed by atoms with E-state index in [1.54, 1.807) is 30.5 Å². The van der Waals surface area contributed by atoms with Crippen molar-refractivity contribution in [1.82, 2.24) is 9.66 Å². The predicted molar refractivity (Wildman–Crippen MR) is 161 cm³/mol. The van der Waals surface area contributed by atoms with Gasteiger partial charge in [0.15, 0.2) is 11.5 Å². The van der Waals surface area contributed by atoms with E-state index >= 15 is 0 Å². The zero-order valence-electron chi connectivity index (χ0n) is 21.2. The van der Waals surface area contributed by atoms with Gasteiger partial charge in [-0.2, -0.15) is 9.78 Å². The smallest absolute Gasteiger partial charge is 0.282 e. The molecule has 0 amide bonds. The topological polar surface area (TPSA) is 109 Å². The number of aromatic nitrogens is 2. The molecule has 39 heavy (non-hydrogen) atoms. The van der Waals surface area contributed by atoms with E-state index < -0.39 is 4.92 Å². The molecule has 0 radical (unpaired) electrons. The molecule has 0 spiro atoms. The van der Waals surface area contributed by atoms with Crippen LogP contribution in [0.1, 0.15) is 43.1 Å². The lowest BCUT2D eigenvalue weighted by molar-refractivity contribution is -0.384. The zero-order chi connectivity index (χ0) is 28.3. The summed E-state index contributed by atoms with van der Waals surface area (Å²) in [7, 11) is 1.52. The van der Waals surface area contributed by atoms with Crippen LogP contribution in [-0.2, 0) is 6.61 Å². The number of hydrogen-bond acceptors (Lipinski definition) is 7. The number of nitro benzene ring substituents is 1. The average molecular weight is 723 g/mol. The van der Waals surface area contributed by atoms with Gasteiger partial charge in [-0.25, -0.2) is 4.98 Å². The minimum absolute atomic E-state index is 0.00260. The van der Waals surface area contributed by atoms with E-state index in [1.807, 2.05) is 26.0 Å². The zero-order valence-corrected chi connectivity index (χ0v) is 25.9. The highest BCUT2D eigenvalue weighted by Gasteiger charge is 2.19. The number of non-ortho nitro benzene ring substituents is 1. The van der Waals surface area contributed by atoms with Crippen LogP contribution in [0, 0.1) is 10.1 Å². The first-order valence-electron chi connectivity index (χ1n) is 11.8. The molecule has 0 fully saturated rings. The van der Waals surface area contributed by atoms with Crippen molar-refractivity contribution in [2.45, 2.75) is 32.8 Å². The van der Waals surface area contributed by atoms with Crippen LogP contribution in [-0.4, -0.2) is 27.9 Å². The number of halogens is 3. The molecular formula is C27H23Br3N4O5.